The first-order valence-electron chi connectivity index (χ1n) is 7.09. The summed E-state index contributed by atoms with van der Waals surface area (Å²) in [5.74, 6) is 0.903. The van der Waals surface area contributed by atoms with Gasteiger partial charge in [0.15, 0.2) is 0 Å². The van der Waals surface area contributed by atoms with Crippen molar-refractivity contribution in [1.82, 2.24) is 9.97 Å². The monoisotopic (exact) mass is 277 g/mol. The molecule has 3 aromatic rings. The smallest absolute Gasteiger partial charge is 0.119 e. The fraction of sp³-hybridized carbons (Fsp3) is 0.167. The lowest BCUT2D eigenvalue weighted by atomic mass is 10.1. The first-order chi connectivity index (χ1) is 10.4. The summed E-state index contributed by atoms with van der Waals surface area (Å²) in [4.78, 5) is 7.15. The molecular weight excluding hydrogens is 260 g/mol. The van der Waals surface area contributed by atoms with Crippen LogP contribution in [0.1, 0.15) is 12.1 Å². The first-order valence-corrected chi connectivity index (χ1v) is 7.09. The van der Waals surface area contributed by atoms with Crippen LogP contribution in [0, 0.1) is 6.07 Å². The summed E-state index contributed by atoms with van der Waals surface area (Å²) in [6, 6.07) is 19.2. The molecule has 3 nitrogen and oxygen atoms in total. The standard InChI is InChI=1S/C18H17N2O/c1-2-5-15(6-3-1)16-8-10-18(11-9-16)21-12-4-7-17-13-19-14-20-17/h1-2,5-6,8-11,13-14H,4,7,12H2,(H,19,20). The molecule has 0 aliphatic carbocycles. The molecule has 0 atom stereocenters. The number of hydrogen-bond donors (Lipinski definition) is 1. The molecule has 1 radical (unpaired) electrons. The second kappa shape index (κ2) is 6.75. The van der Waals surface area contributed by atoms with E-state index in [2.05, 4.69) is 34.2 Å². The van der Waals surface area contributed by atoms with E-state index in [1.807, 2.05) is 36.5 Å². The van der Waals surface area contributed by atoms with E-state index in [1.165, 1.54) is 11.1 Å². The van der Waals surface area contributed by atoms with E-state index in [4.69, 9.17) is 4.74 Å². The maximum absolute atomic E-state index is 5.75. The summed E-state index contributed by atoms with van der Waals surface area (Å²) in [7, 11) is 0. The second-order valence-corrected chi connectivity index (χ2v) is 4.83. The Labute approximate surface area is 124 Å². The van der Waals surface area contributed by atoms with E-state index >= 15 is 0 Å². The van der Waals surface area contributed by atoms with Gasteiger partial charge in [-0.05, 0) is 48.2 Å². The molecule has 3 rings (SSSR count). The summed E-state index contributed by atoms with van der Waals surface area (Å²) < 4.78 is 5.75. The molecule has 0 saturated heterocycles. The lowest BCUT2D eigenvalue weighted by Crippen LogP contribution is -1.99. The fourth-order valence-electron chi connectivity index (χ4n) is 2.19. The van der Waals surface area contributed by atoms with Gasteiger partial charge in [-0.25, -0.2) is 4.98 Å². The average molecular weight is 277 g/mol. The molecule has 1 heterocycles. The van der Waals surface area contributed by atoms with Crippen LogP contribution < -0.4 is 4.74 Å². The van der Waals surface area contributed by atoms with Gasteiger partial charge in [0, 0.05) is 6.20 Å². The SMILES string of the molecule is [c]1cccc(-c2ccc(OCCCc3c[nH]cn3)cc2)c1. The molecule has 3 heteroatoms. The Kier molecular flexibility index (Phi) is 4.32. The highest BCUT2D eigenvalue weighted by molar-refractivity contribution is 5.63. The highest BCUT2D eigenvalue weighted by Crippen LogP contribution is 2.21. The van der Waals surface area contributed by atoms with Gasteiger partial charge in [0.2, 0.25) is 0 Å². The molecule has 1 aromatic heterocycles. The van der Waals surface area contributed by atoms with Crippen molar-refractivity contribution in [2.24, 2.45) is 0 Å². The largest absolute Gasteiger partial charge is 0.494 e. The zero-order chi connectivity index (χ0) is 14.3. The molecule has 0 unspecified atom stereocenters. The third-order valence-electron chi connectivity index (χ3n) is 3.30. The Bertz CT molecular complexity index is 645. The van der Waals surface area contributed by atoms with Gasteiger partial charge in [-0.3, -0.25) is 0 Å². The molecule has 105 valence electrons. The van der Waals surface area contributed by atoms with E-state index in [-0.39, 0.29) is 0 Å². The van der Waals surface area contributed by atoms with E-state index < -0.39 is 0 Å². The number of aromatic amines is 1. The fourth-order valence-corrected chi connectivity index (χ4v) is 2.19. The maximum Gasteiger partial charge on any atom is 0.119 e. The van der Waals surface area contributed by atoms with Gasteiger partial charge in [0.05, 0.1) is 18.6 Å². The third kappa shape index (κ3) is 3.72. The van der Waals surface area contributed by atoms with E-state index in [0.717, 1.165) is 24.3 Å². The third-order valence-corrected chi connectivity index (χ3v) is 3.30. The highest BCUT2D eigenvalue weighted by atomic mass is 16.5. The van der Waals surface area contributed by atoms with Gasteiger partial charge in [0.25, 0.3) is 0 Å². The number of hydrogen-bond acceptors (Lipinski definition) is 2. The predicted octanol–water partition coefficient (Wildman–Crippen LogP) is 3.89. The van der Waals surface area contributed by atoms with Crippen LogP contribution in [-0.2, 0) is 6.42 Å². The quantitative estimate of drug-likeness (QED) is 0.694. The Hall–Kier alpha value is -2.55. The van der Waals surface area contributed by atoms with Gasteiger partial charge < -0.3 is 9.72 Å². The molecular formula is C18H17N2O. The van der Waals surface area contributed by atoms with Crippen LogP contribution >= 0.6 is 0 Å². The number of nitrogens with one attached hydrogen (secondary N) is 1. The van der Waals surface area contributed by atoms with E-state index in [1.54, 1.807) is 6.33 Å². The van der Waals surface area contributed by atoms with Crippen LogP contribution in [0.3, 0.4) is 0 Å². The highest BCUT2D eigenvalue weighted by Gasteiger charge is 1.99. The molecule has 1 N–H and O–H groups in total. The molecule has 0 aliphatic heterocycles. The summed E-state index contributed by atoms with van der Waals surface area (Å²) >= 11 is 0. The summed E-state index contributed by atoms with van der Waals surface area (Å²) in [6.45, 7) is 0.700. The van der Waals surface area contributed by atoms with Crippen LogP contribution in [0.4, 0.5) is 0 Å². The van der Waals surface area contributed by atoms with Crippen molar-refractivity contribution in [1.29, 1.82) is 0 Å². The van der Waals surface area contributed by atoms with Gasteiger partial charge in [0.1, 0.15) is 5.75 Å². The molecule has 0 aliphatic rings. The number of aromatic nitrogens is 2. The molecule has 2 aromatic carbocycles. The normalized spacial score (nSPS) is 10.5. The molecule has 21 heavy (non-hydrogen) atoms. The molecule has 0 amide bonds. The Balaban J connectivity index is 1.50. The minimum absolute atomic E-state index is 0.700. The lowest BCUT2D eigenvalue weighted by Gasteiger charge is -2.07. The van der Waals surface area contributed by atoms with Crippen molar-refractivity contribution in [2.45, 2.75) is 12.8 Å². The summed E-state index contributed by atoms with van der Waals surface area (Å²) in [5, 5.41) is 0. The van der Waals surface area contributed by atoms with Crippen molar-refractivity contribution in [2.75, 3.05) is 6.61 Å². The first kappa shape index (κ1) is 13.4. The van der Waals surface area contributed by atoms with Gasteiger partial charge in [-0.2, -0.15) is 0 Å². The number of imidazole rings is 1. The van der Waals surface area contributed by atoms with Crippen LogP contribution in [0.2, 0.25) is 0 Å². The Morgan fingerprint density at radius 1 is 1.10 bits per heavy atom. The molecule has 0 saturated carbocycles. The molecule has 0 bridgehead atoms. The number of aryl methyl sites for hydroxylation is 1. The van der Waals surface area contributed by atoms with Crippen LogP contribution in [0.25, 0.3) is 11.1 Å². The minimum Gasteiger partial charge on any atom is -0.494 e. The van der Waals surface area contributed by atoms with Crippen molar-refractivity contribution in [3.05, 3.63) is 72.8 Å². The number of nitrogens with zero attached hydrogens (tertiary/aromatic N) is 1. The van der Waals surface area contributed by atoms with Crippen LogP contribution in [0.5, 0.6) is 5.75 Å². The average Bonchev–Trinajstić information content (AvgIpc) is 3.06. The van der Waals surface area contributed by atoms with Gasteiger partial charge in [-0.1, -0.05) is 30.3 Å². The topological polar surface area (TPSA) is 37.9 Å². The summed E-state index contributed by atoms with van der Waals surface area (Å²) in [5.41, 5.74) is 3.42. The van der Waals surface area contributed by atoms with Crippen molar-refractivity contribution < 1.29 is 4.74 Å². The number of ether oxygens (including phenoxy) is 1. The zero-order valence-electron chi connectivity index (χ0n) is 11.8. The Morgan fingerprint density at radius 3 is 2.71 bits per heavy atom. The number of H-pyrrole nitrogens is 1. The van der Waals surface area contributed by atoms with Crippen LogP contribution in [-0.4, -0.2) is 16.6 Å². The second-order valence-electron chi connectivity index (χ2n) is 4.83. The lowest BCUT2D eigenvalue weighted by molar-refractivity contribution is 0.310. The van der Waals surface area contributed by atoms with Crippen molar-refractivity contribution in [3.8, 4) is 16.9 Å². The molecule has 0 spiro atoms. The van der Waals surface area contributed by atoms with Gasteiger partial charge in [-0.15, -0.1) is 0 Å². The van der Waals surface area contributed by atoms with Gasteiger partial charge >= 0.3 is 0 Å². The summed E-state index contributed by atoms with van der Waals surface area (Å²) in [6.07, 6.45) is 5.52. The van der Waals surface area contributed by atoms with E-state index in [9.17, 15) is 0 Å². The molecule has 0 fully saturated rings. The van der Waals surface area contributed by atoms with E-state index in [0.29, 0.717) is 6.61 Å². The Morgan fingerprint density at radius 2 is 2.00 bits per heavy atom. The zero-order valence-corrected chi connectivity index (χ0v) is 11.8. The van der Waals surface area contributed by atoms with Crippen molar-refractivity contribution >= 4 is 0 Å². The van der Waals surface area contributed by atoms with Crippen LogP contribution in [0.15, 0.2) is 61.1 Å². The number of rotatable bonds is 6. The predicted molar refractivity (Wildman–Crippen MR) is 83.1 cm³/mol. The number of benzene rings is 2. The minimum atomic E-state index is 0.700. The maximum atomic E-state index is 5.75. The van der Waals surface area contributed by atoms with Crippen molar-refractivity contribution in [3.63, 3.8) is 0 Å².